The number of nitrogens with zero attached hydrogens (tertiary/aromatic N) is 1. The Bertz CT molecular complexity index is 262. The molecule has 10 heavy (non-hydrogen) atoms. The molecular weight excluding hydrogens is 243 g/mol. The Labute approximate surface area is 71.8 Å². The molecule has 1 amide bonds. The standard InChI is InChI=1S/C6H4IN2O/c7-5-3-1-2-4(9-5)6(8)10/h1,3H,(H2,8,10). The summed E-state index contributed by atoms with van der Waals surface area (Å²) >= 11 is 2.00. The second kappa shape index (κ2) is 2.96. The van der Waals surface area contributed by atoms with E-state index >= 15 is 0 Å². The van der Waals surface area contributed by atoms with E-state index in [9.17, 15) is 4.79 Å². The first-order valence-corrected chi connectivity index (χ1v) is 3.62. The molecule has 0 atom stereocenters. The molecule has 0 aliphatic rings. The smallest absolute Gasteiger partial charge is 0.267 e. The van der Waals surface area contributed by atoms with Crippen molar-refractivity contribution < 1.29 is 4.79 Å². The van der Waals surface area contributed by atoms with Crippen molar-refractivity contribution in [2.24, 2.45) is 5.73 Å². The summed E-state index contributed by atoms with van der Waals surface area (Å²) in [4.78, 5) is 14.3. The zero-order valence-electron chi connectivity index (χ0n) is 4.97. The van der Waals surface area contributed by atoms with Crippen LogP contribution in [0.4, 0.5) is 0 Å². The van der Waals surface area contributed by atoms with Gasteiger partial charge in [-0.25, -0.2) is 4.98 Å². The number of nitrogens with two attached hydrogens (primary N) is 1. The highest BCUT2D eigenvalue weighted by Gasteiger charge is 2.00. The summed E-state index contributed by atoms with van der Waals surface area (Å²) in [5, 5.41) is 0. The topological polar surface area (TPSA) is 56.0 Å². The van der Waals surface area contributed by atoms with Crippen LogP contribution in [-0.4, -0.2) is 10.9 Å². The van der Waals surface area contributed by atoms with Crippen LogP contribution in [0.2, 0.25) is 0 Å². The molecule has 0 bridgehead atoms. The predicted octanol–water partition coefficient (Wildman–Crippen LogP) is 0.585. The van der Waals surface area contributed by atoms with Crippen LogP contribution in [0.1, 0.15) is 10.5 Å². The highest BCUT2D eigenvalue weighted by Crippen LogP contribution is 2.00. The summed E-state index contributed by atoms with van der Waals surface area (Å²) in [7, 11) is 0. The average Bonchev–Trinajstić information content (AvgIpc) is 1.88. The van der Waals surface area contributed by atoms with Crippen molar-refractivity contribution >= 4 is 28.5 Å². The number of carbonyl (C=O) groups excluding carboxylic acids is 1. The zero-order chi connectivity index (χ0) is 7.56. The first-order chi connectivity index (χ1) is 4.70. The van der Waals surface area contributed by atoms with Crippen molar-refractivity contribution in [2.45, 2.75) is 0 Å². The van der Waals surface area contributed by atoms with Gasteiger partial charge in [0.1, 0.15) is 9.39 Å². The SMILES string of the molecule is NC(=O)c1[c]ccc(I)n1. The van der Waals surface area contributed by atoms with E-state index in [0.29, 0.717) is 0 Å². The molecule has 0 spiro atoms. The molecule has 0 aromatic carbocycles. The van der Waals surface area contributed by atoms with Gasteiger partial charge in [-0.05, 0) is 34.7 Å². The quantitative estimate of drug-likeness (QED) is 0.583. The van der Waals surface area contributed by atoms with Gasteiger partial charge in [-0.2, -0.15) is 0 Å². The number of pyridine rings is 1. The lowest BCUT2D eigenvalue weighted by molar-refractivity contribution is 0.0995. The number of hydrogen-bond acceptors (Lipinski definition) is 2. The molecule has 2 N–H and O–H groups in total. The number of halogens is 1. The van der Waals surface area contributed by atoms with Gasteiger partial charge in [-0.1, -0.05) is 0 Å². The Morgan fingerprint density at radius 3 is 2.90 bits per heavy atom. The van der Waals surface area contributed by atoms with E-state index in [2.05, 4.69) is 11.1 Å². The Hall–Kier alpha value is -0.650. The minimum Gasteiger partial charge on any atom is -0.364 e. The van der Waals surface area contributed by atoms with E-state index in [1.807, 2.05) is 22.6 Å². The van der Waals surface area contributed by atoms with Crippen LogP contribution in [0.3, 0.4) is 0 Å². The maximum Gasteiger partial charge on any atom is 0.267 e. The zero-order valence-corrected chi connectivity index (χ0v) is 7.12. The summed E-state index contributed by atoms with van der Waals surface area (Å²) < 4.78 is 0.741. The summed E-state index contributed by atoms with van der Waals surface area (Å²) in [6, 6.07) is 5.98. The lowest BCUT2D eigenvalue weighted by Crippen LogP contribution is -2.13. The molecular formula is C6H4IN2O. The van der Waals surface area contributed by atoms with Crippen molar-refractivity contribution in [3.05, 3.63) is 27.6 Å². The van der Waals surface area contributed by atoms with Gasteiger partial charge in [-0.15, -0.1) is 0 Å². The Morgan fingerprint density at radius 1 is 1.80 bits per heavy atom. The molecule has 0 unspecified atom stereocenters. The number of amides is 1. The molecule has 1 aromatic rings. The molecule has 0 fully saturated rings. The Kier molecular flexibility index (Phi) is 2.21. The molecule has 1 heterocycles. The average molecular weight is 247 g/mol. The fraction of sp³-hybridized carbons (Fsp3) is 0. The third kappa shape index (κ3) is 1.66. The molecule has 4 heteroatoms. The van der Waals surface area contributed by atoms with Crippen molar-refractivity contribution in [1.82, 2.24) is 4.98 Å². The number of hydrogen-bond donors (Lipinski definition) is 1. The summed E-state index contributed by atoms with van der Waals surface area (Å²) in [6.07, 6.45) is 0. The van der Waals surface area contributed by atoms with E-state index in [0.717, 1.165) is 3.70 Å². The lowest BCUT2D eigenvalue weighted by Gasteiger charge is -1.91. The van der Waals surface area contributed by atoms with Gasteiger partial charge < -0.3 is 5.73 Å². The van der Waals surface area contributed by atoms with E-state index < -0.39 is 5.91 Å². The van der Waals surface area contributed by atoms with E-state index in [4.69, 9.17) is 5.73 Å². The molecule has 1 radical (unpaired) electrons. The van der Waals surface area contributed by atoms with E-state index in [1.165, 1.54) is 0 Å². The van der Waals surface area contributed by atoms with Gasteiger partial charge in [0.25, 0.3) is 5.91 Å². The first-order valence-electron chi connectivity index (χ1n) is 2.54. The molecule has 3 nitrogen and oxygen atoms in total. The van der Waals surface area contributed by atoms with Gasteiger partial charge in [0, 0.05) is 6.07 Å². The fourth-order valence-corrected chi connectivity index (χ4v) is 0.913. The van der Waals surface area contributed by atoms with Crippen molar-refractivity contribution in [3.63, 3.8) is 0 Å². The van der Waals surface area contributed by atoms with Gasteiger partial charge in [0.15, 0.2) is 0 Å². The van der Waals surface area contributed by atoms with Crippen molar-refractivity contribution in [2.75, 3.05) is 0 Å². The minimum absolute atomic E-state index is 0.187. The number of primary amides is 1. The molecule has 0 saturated carbocycles. The van der Waals surface area contributed by atoms with Crippen LogP contribution >= 0.6 is 22.6 Å². The van der Waals surface area contributed by atoms with Gasteiger partial charge in [0.05, 0.1) is 0 Å². The second-order valence-corrected chi connectivity index (χ2v) is 2.73. The van der Waals surface area contributed by atoms with Gasteiger partial charge in [0.2, 0.25) is 0 Å². The van der Waals surface area contributed by atoms with Gasteiger partial charge >= 0.3 is 0 Å². The van der Waals surface area contributed by atoms with Crippen LogP contribution in [0.25, 0.3) is 0 Å². The maximum atomic E-state index is 10.5. The summed E-state index contributed by atoms with van der Waals surface area (Å²) in [6.45, 7) is 0. The minimum atomic E-state index is -0.543. The Balaban J connectivity index is 3.07. The second-order valence-electron chi connectivity index (χ2n) is 1.63. The number of carbonyl (C=O) groups is 1. The van der Waals surface area contributed by atoms with Crippen molar-refractivity contribution in [3.8, 4) is 0 Å². The Morgan fingerprint density at radius 2 is 2.50 bits per heavy atom. The van der Waals surface area contributed by atoms with Gasteiger partial charge in [-0.3, -0.25) is 4.79 Å². The lowest BCUT2D eigenvalue weighted by atomic mass is 10.3. The van der Waals surface area contributed by atoms with E-state index in [1.54, 1.807) is 12.1 Å². The molecule has 0 aliphatic carbocycles. The molecule has 0 aliphatic heterocycles. The number of rotatable bonds is 1. The van der Waals surface area contributed by atoms with Crippen LogP contribution in [0.5, 0.6) is 0 Å². The summed E-state index contributed by atoms with van der Waals surface area (Å²) in [5.74, 6) is -0.543. The van der Waals surface area contributed by atoms with Crippen LogP contribution in [-0.2, 0) is 0 Å². The third-order valence-corrected chi connectivity index (χ3v) is 1.49. The highest BCUT2D eigenvalue weighted by atomic mass is 127. The molecule has 51 valence electrons. The number of aromatic nitrogens is 1. The monoisotopic (exact) mass is 247 g/mol. The van der Waals surface area contributed by atoms with Crippen molar-refractivity contribution in [1.29, 1.82) is 0 Å². The normalized spacial score (nSPS) is 9.30. The fourth-order valence-electron chi connectivity index (χ4n) is 0.492. The molecule has 1 rings (SSSR count). The van der Waals surface area contributed by atoms with Crippen LogP contribution in [0, 0.1) is 9.77 Å². The first kappa shape index (κ1) is 7.46. The third-order valence-electron chi connectivity index (χ3n) is 0.893. The maximum absolute atomic E-state index is 10.5. The molecule has 0 saturated heterocycles. The van der Waals surface area contributed by atoms with E-state index in [-0.39, 0.29) is 5.69 Å². The van der Waals surface area contributed by atoms with Crippen LogP contribution < -0.4 is 5.73 Å². The predicted molar refractivity (Wildman–Crippen MR) is 44.3 cm³/mol. The van der Waals surface area contributed by atoms with Crippen LogP contribution in [0.15, 0.2) is 12.1 Å². The largest absolute Gasteiger partial charge is 0.364 e. The molecule has 1 aromatic heterocycles. The highest BCUT2D eigenvalue weighted by molar-refractivity contribution is 14.1. The summed E-state index contributed by atoms with van der Waals surface area (Å²) in [5.41, 5.74) is 5.13.